The van der Waals surface area contributed by atoms with Gasteiger partial charge in [-0.1, -0.05) is 36.4 Å². The van der Waals surface area contributed by atoms with Gasteiger partial charge in [-0.2, -0.15) is 0 Å². The standard InChI is InChI=1S/C18H15NO4/c1-23-18-9-5-3-7-15(18)6-2-4-8-17(20)14-10-12-16(13-11-14)19(21)22/h2-13H,1H3/b6-2+,8-4+. The molecule has 0 aliphatic carbocycles. The van der Waals surface area contributed by atoms with E-state index >= 15 is 0 Å². The molecule has 0 aliphatic rings. The second-order valence-corrected chi connectivity index (χ2v) is 4.63. The largest absolute Gasteiger partial charge is 0.496 e. The molecule has 0 saturated carbocycles. The number of non-ortho nitro benzene ring substituents is 1. The minimum atomic E-state index is -0.500. The first kappa shape index (κ1) is 16.2. The smallest absolute Gasteiger partial charge is 0.269 e. The third-order valence-corrected chi connectivity index (χ3v) is 3.14. The van der Waals surface area contributed by atoms with E-state index in [0.717, 1.165) is 11.3 Å². The van der Waals surface area contributed by atoms with Crippen LogP contribution < -0.4 is 4.74 Å². The van der Waals surface area contributed by atoms with Crippen LogP contribution in [0.15, 0.2) is 66.8 Å². The average Bonchev–Trinajstić information content (AvgIpc) is 2.59. The van der Waals surface area contributed by atoms with Gasteiger partial charge < -0.3 is 4.74 Å². The van der Waals surface area contributed by atoms with E-state index in [4.69, 9.17) is 4.74 Å². The Morgan fingerprint density at radius 3 is 2.43 bits per heavy atom. The number of para-hydroxylation sites is 1. The predicted octanol–water partition coefficient (Wildman–Crippen LogP) is 4.06. The summed E-state index contributed by atoms with van der Waals surface area (Å²) < 4.78 is 5.23. The number of hydrogen-bond acceptors (Lipinski definition) is 4. The molecule has 2 rings (SSSR count). The number of carbonyl (C=O) groups is 1. The van der Waals surface area contributed by atoms with Gasteiger partial charge >= 0.3 is 0 Å². The van der Waals surface area contributed by atoms with E-state index < -0.39 is 4.92 Å². The van der Waals surface area contributed by atoms with Crippen LogP contribution in [-0.4, -0.2) is 17.8 Å². The normalized spacial score (nSPS) is 11.0. The average molecular weight is 309 g/mol. The highest BCUT2D eigenvalue weighted by molar-refractivity contribution is 6.04. The number of ether oxygens (including phenoxy) is 1. The molecule has 0 aliphatic heterocycles. The number of carbonyl (C=O) groups excluding carboxylic acids is 1. The van der Waals surface area contributed by atoms with Crippen molar-refractivity contribution in [1.29, 1.82) is 0 Å². The van der Waals surface area contributed by atoms with Crippen LogP contribution in [0, 0.1) is 10.1 Å². The van der Waals surface area contributed by atoms with Gasteiger partial charge in [0, 0.05) is 23.3 Å². The number of nitrogens with zero attached hydrogens (tertiary/aromatic N) is 1. The fourth-order valence-electron chi connectivity index (χ4n) is 1.95. The predicted molar refractivity (Wildman–Crippen MR) is 88.6 cm³/mol. The highest BCUT2D eigenvalue weighted by atomic mass is 16.6. The fourth-order valence-corrected chi connectivity index (χ4v) is 1.95. The summed E-state index contributed by atoms with van der Waals surface area (Å²) in [7, 11) is 1.60. The summed E-state index contributed by atoms with van der Waals surface area (Å²) in [5, 5.41) is 10.6. The lowest BCUT2D eigenvalue weighted by atomic mass is 10.1. The van der Waals surface area contributed by atoms with Crippen LogP contribution in [0.4, 0.5) is 5.69 Å². The van der Waals surface area contributed by atoms with Crippen LogP contribution in [0.5, 0.6) is 5.75 Å². The zero-order valence-corrected chi connectivity index (χ0v) is 12.5. The maximum absolute atomic E-state index is 11.9. The van der Waals surface area contributed by atoms with Crippen molar-refractivity contribution >= 4 is 17.5 Å². The molecule has 0 amide bonds. The maximum Gasteiger partial charge on any atom is 0.269 e. The van der Waals surface area contributed by atoms with Crippen LogP contribution in [0.25, 0.3) is 6.08 Å². The molecule has 0 N–H and O–H groups in total. The zero-order valence-electron chi connectivity index (χ0n) is 12.5. The summed E-state index contributed by atoms with van der Waals surface area (Å²) in [6, 6.07) is 13.0. The summed E-state index contributed by atoms with van der Waals surface area (Å²) in [5.74, 6) is 0.531. The number of nitro benzene ring substituents is 1. The van der Waals surface area contributed by atoms with Crippen LogP contribution in [-0.2, 0) is 0 Å². The summed E-state index contributed by atoms with van der Waals surface area (Å²) in [6.45, 7) is 0. The third kappa shape index (κ3) is 4.38. The van der Waals surface area contributed by atoms with Crippen molar-refractivity contribution in [3.8, 4) is 5.75 Å². The highest BCUT2D eigenvalue weighted by Gasteiger charge is 2.06. The van der Waals surface area contributed by atoms with E-state index in [1.165, 1.54) is 30.3 Å². The second kappa shape index (κ2) is 7.70. The molecule has 0 atom stereocenters. The first-order chi connectivity index (χ1) is 11.1. The number of nitro groups is 1. The van der Waals surface area contributed by atoms with E-state index in [1.807, 2.05) is 30.3 Å². The molecule has 0 spiro atoms. The van der Waals surface area contributed by atoms with Crippen molar-refractivity contribution in [2.75, 3.05) is 7.11 Å². The lowest BCUT2D eigenvalue weighted by molar-refractivity contribution is -0.384. The van der Waals surface area contributed by atoms with Crippen LogP contribution in [0.3, 0.4) is 0 Å². The van der Waals surface area contributed by atoms with Crippen molar-refractivity contribution in [2.24, 2.45) is 0 Å². The molecule has 0 bridgehead atoms. The maximum atomic E-state index is 11.9. The second-order valence-electron chi connectivity index (χ2n) is 4.63. The van der Waals surface area contributed by atoms with Gasteiger partial charge in [-0.05, 0) is 24.3 Å². The first-order valence-corrected chi connectivity index (χ1v) is 6.88. The monoisotopic (exact) mass is 309 g/mol. The highest BCUT2D eigenvalue weighted by Crippen LogP contribution is 2.18. The molecule has 0 heterocycles. The van der Waals surface area contributed by atoms with Gasteiger partial charge in [0.1, 0.15) is 5.75 Å². The third-order valence-electron chi connectivity index (χ3n) is 3.14. The van der Waals surface area contributed by atoms with Gasteiger partial charge in [-0.25, -0.2) is 0 Å². The molecule has 23 heavy (non-hydrogen) atoms. The number of methoxy groups -OCH3 is 1. The van der Waals surface area contributed by atoms with Crippen LogP contribution in [0.1, 0.15) is 15.9 Å². The minimum absolute atomic E-state index is 0.0402. The first-order valence-electron chi connectivity index (χ1n) is 6.88. The van der Waals surface area contributed by atoms with Gasteiger partial charge in [0.25, 0.3) is 5.69 Å². The Hall–Kier alpha value is -3.21. The fraction of sp³-hybridized carbons (Fsp3) is 0.0556. The Kier molecular flexibility index (Phi) is 5.41. The lowest BCUT2D eigenvalue weighted by Crippen LogP contribution is -1.94. The molecule has 0 radical (unpaired) electrons. The summed E-state index contributed by atoms with van der Waals surface area (Å²) in [6.07, 6.45) is 6.60. The molecule has 0 saturated heterocycles. The summed E-state index contributed by atoms with van der Waals surface area (Å²) >= 11 is 0. The van der Waals surface area contributed by atoms with Crippen molar-refractivity contribution in [1.82, 2.24) is 0 Å². The number of ketones is 1. The van der Waals surface area contributed by atoms with Crippen molar-refractivity contribution < 1.29 is 14.5 Å². The number of hydrogen-bond donors (Lipinski definition) is 0. The van der Waals surface area contributed by atoms with Crippen molar-refractivity contribution in [2.45, 2.75) is 0 Å². The van der Waals surface area contributed by atoms with Crippen molar-refractivity contribution in [3.63, 3.8) is 0 Å². The van der Waals surface area contributed by atoms with E-state index in [2.05, 4.69) is 0 Å². The quantitative estimate of drug-likeness (QED) is 0.265. The Balaban J connectivity index is 2.03. The molecular weight excluding hydrogens is 294 g/mol. The Morgan fingerprint density at radius 1 is 1.09 bits per heavy atom. The molecule has 116 valence electrons. The Labute approximate surface area is 133 Å². The Bertz CT molecular complexity index is 761. The molecule has 0 aromatic heterocycles. The molecule has 5 nitrogen and oxygen atoms in total. The van der Waals surface area contributed by atoms with Gasteiger partial charge in [0.05, 0.1) is 12.0 Å². The number of rotatable bonds is 6. The van der Waals surface area contributed by atoms with E-state index in [1.54, 1.807) is 19.3 Å². The molecule has 5 heteroatoms. The summed E-state index contributed by atoms with van der Waals surface area (Å²) in [5.41, 5.74) is 1.27. The topological polar surface area (TPSA) is 69.4 Å². The van der Waals surface area contributed by atoms with Gasteiger partial charge in [0.15, 0.2) is 5.78 Å². The van der Waals surface area contributed by atoms with Crippen LogP contribution in [0.2, 0.25) is 0 Å². The molecule has 2 aromatic rings. The van der Waals surface area contributed by atoms with E-state index in [-0.39, 0.29) is 11.5 Å². The zero-order chi connectivity index (χ0) is 16.7. The van der Waals surface area contributed by atoms with E-state index in [0.29, 0.717) is 5.56 Å². The van der Waals surface area contributed by atoms with Gasteiger partial charge in [-0.15, -0.1) is 0 Å². The van der Waals surface area contributed by atoms with Gasteiger partial charge in [-0.3, -0.25) is 14.9 Å². The summed E-state index contributed by atoms with van der Waals surface area (Å²) in [4.78, 5) is 22.0. The lowest BCUT2D eigenvalue weighted by Gasteiger charge is -2.02. The molecule has 2 aromatic carbocycles. The molecule has 0 unspecified atom stereocenters. The van der Waals surface area contributed by atoms with Gasteiger partial charge in [0.2, 0.25) is 0 Å². The van der Waals surface area contributed by atoms with Crippen molar-refractivity contribution in [3.05, 3.63) is 88.0 Å². The molecular formula is C18H15NO4. The minimum Gasteiger partial charge on any atom is -0.496 e. The number of allylic oxidation sites excluding steroid dienone is 3. The number of benzene rings is 2. The Morgan fingerprint density at radius 2 is 1.78 bits per heavy atom. The van der Waals surface area contributed by atoms with Crippen LogP contribution >= 0.6 is 0 Å². The SMILES string of the molecule is COc1ccccc1/C=C/C=C/C(=O)c1ccc([N+](=O)[O-])cc1. The van der Waals surface area contributed by atoms with E-state index in [9.17, 15) is 14.9 Å². The molecule has 0 fully saturated rings.